The predicted octanol–water partition coefficient (Wildman–Crippen LogP) is 3.02. The fourth-order valence-electron chi connectivity index (χ4n) is 2.87. The minimum absolute atomic E-state index is 0.131. The molecule has 0 spiro atoms. The first-order chi connectivity index (χ1) is 12.7. The van der Waals surface area contributed by atoms with Crippen molar-refractivity contribution in [3.8, 4) is 0 Å². The second-order valence-electron chi connectivity index (χ2n) is 7.53. The number of aromatic amines is 1. The summed E-state index contributed by atoms with van der Waals surface area (Å²) < 4.78 is 18.3. The van der Waals surface area contributed by atoms with Crippen LogP contribution in [0.1, 0.15) is 37.6 Å². The lowest BCUT2D eigenvalue weighted by Gasteiger charge is -2.29. The first-order valence-electron chi connectivity index (χ1n) is 8.79. The summed E-state index contributed by atoms with van der Waals surface area (Å²) in [5, 5.41) is 9.84. The molecule has 1 aliphatic rings. The molecule has 0 aliphatic carbocycles. The molecule has 0 radical (unpaired) electrons. The van der Waals surface area contributed by atoms with Crippen LogP contribution in [0.25, 0.3) is 0 Å². The number of benzene rings is 1. The molecule has 2 N–H and O–H groups in total. The third kappa shape index (κ3) is 4.84. The van der Waals surface area contributed by atoms with E-state index in [1.54, 1.807) is 17.0 Å². The van der Waals surface area contributed by atoms with E-state index >= 15 is 0 Å². The Labute approximate surface area is 156 Å². The second-order valence-corrected chi connectivity index (χ2v) is 7.53. The molecule has 0 fully saturated rings. The van der Waals surface area contributed by atoms with E-state index in [4.69, 9.17) is 4.74 Å². The Morgan fingerprint density at radius 1 is 1.30 bits per heavy atom. The van der Waals surface area contributed by atoms with Gasteiger partial charge < -0.3 is 15.0 Å². The first kappa shape index (κ1) is 18.9. The van der Waals surface area contributed by atoms with Gasteiger partial charge in [0.25, 0.3) is 0 Å². The summed E-state index contributed by atoms with van der Waals surface area (Å²) in [6, 6.07) is 5.80. The molecule has 2 amide bonds. The number of fused-ring (bicyclic) bond motifs is 1. The molecule has 27 heavy (non-hydrogen) atoms. The minimum atomic E-state index is -0.551. The Balaban J connectivity index is 1.61. The van der Waals surface area contributed by atoms with E-state index in [1.807, 2.05) is 20.8 Å². The van der Waals surface area contributed by atoms with Gasteiger partial charge in [0.15, 0.2) is 5.82 Å². The van der Waals surface area contributed by atoms with E-state index in [9.17, 15) is 14.0 Å². The molecule has 1 aromatic carbocycles. The van der Waals surface area contributed by atoms with Crippen LogP contribution in [-0.2, 0) is 28.9 Å². The summed E-state index contributed by atoms with van der Waals surface area (Å²) in [5.74, 6) is -0.0958. The highest BCUT2D eigenvalue weighted by Crippen LogP contribution is 2.25. The quantitative estimate of drug-likeness (QED) is 0.865. The van der Waals surface area contributed by atoms with Crippen molar-refractivity contribution in [1.82, 2.24) is 15.1 Å². The van der Waals surface area contributed by atoms with E-state index in [-0.39, 0.29) is 24.2 Å². The van der Waals surface area contributed by atoms with Crippen LogP contribution in [0.5, 0.6) is 0 Å². The summed E-state index contributed by atoms with van der Waals surface area (Å²) in [4.78, 5) is 26.1. The minimum Gasteiger partial charge on any atom is -0.444 e. The number of halogens is 1. The lowest BCUT2D eigenvalue weighted by molar-refractivity contribution is -0.115. The van der Waals surface area contributed by atoms with Crippen LogP contribution in [0.4, 0.5) is 15.0 Å². The van der Waals surface area contributed by atoms with Crippen molar-refractivity contribution in [3.63, 3.8) is 0 Å². The van der Waals surface area contributed by atoms with Gasteiger partial charge in [-0.15, -0.1) is 0 Å². The van der Waals surface area contributed by atoms with Crippen LogP contribution in [0, 0.1) is 5.82 Å². The molecule has 2 aromatic rings. The molecule has 1 aromatic heterocycles. The van der Waals surface area contributed by atoms with Crippen LogP contribution in [0.15, 0.2) is 24.3 Å². The van der Waals surface area contributed by atoms with Crippen LogP contribution < -0.4 is 5.32 Å². The van der Waals surface area contributed by atoms with Gasteiger partial charge in [-0.05, 0) is 44.9 Å². The molecule has 1 aliphatic heterocycles. The number of rotatable bonds is 3. The van der Waals surface area contributed by atoms with Crippen molar-refractivity contribution < 1.29 is 18.7 Å². The smallest absolute Gasteiger partial charge is 0.410 e. The average Bonchev–Trinajstić information content (AvgIpc) is 2.97. The Bertz CT molecular complexity index is 840. The number of hydrogen-bond acceptors (Lipinski definition) is 4. The summed E-state index contributed by atoms with van der Waals surface area (Å²) in [7, 11) is 0. The fraction of sp³-hybridized carbons (Fsp3) is 0.421. The number of carbonyl (C=O) groups is 2. The molecule has 0 unspecified atom stereocenters. The molecular formula is C19H23FN4O3. The van der Waals surface area contributed by atoms with Crippen LogP contribution >= 0.6 is 0 Å². The van der Waals surface area contributed by atoms with Gasteiger partial charge in [0.2, 0.25) is 5.91 Å². The summed E-state index contributed by atoms with van der Waals surface area (Å²) in [6.07, 6.45) is 0.327. The average molecular weight is 374 g/mol. The zero-order valence-corrected chi connectivity index (χ0v) is 15.6. The molecular weight excluding hydrogens is 351 g/mol. The van der Waals surface area contributed by atoms with E-state index in [0.29, 0.717) is 25.3 Å². The molecule has 8 heteroatoms. The number of nitrogens with zero attached hydrogens (tertiary/aromatic N) is 2. The summed E-state index contributed by atoms with van der Waals surface area (Å²) in [6.45, 7) is 6.31. The number of ether oxygens (including phenoxy) is 1. The van der Waals surface area contributed by atoms with Crippen molar-refractivity contribution in [2.45, 2.75) is 45.8 Å². The maximum Gasteiger partial charge on any atom is 0.410 e. The molecule has 0 atom stereocenters. The maximum atomic E-state index is 12.9. The van der Waals surface area contributed by atoms with Gasteiger partial charge in [-0.25, -0.2) is 9.18 Å². The molecule has 0 saturated heterocycles. The maximum absolute atomic E-state index is 12.9. The highest BCUT2D eigenvalue weighted by Gasteiger charge is 2.28. The topological polar surface area (TPSA) is 87.3 Å². The van der Waals surface area contributed by atoms with Gasteiger partial charge >= 0.3 is 6.09 Å². The fourth-order valence-corrected chi connectivity index (χ4v) is 2.87. The van der Waals surface area contributed by atoms with Crippen molar-refractivity contribution >= 4 is 17.8 Å². The first-order valence-corrected chi connectivity index (χ1v) is 8.79. The SMILES string of the molecule is CC(C)(C)OC(=O)N1CCc2c(NC(=O)Cc3ccc(F)cc3)n[nH]c2C1. The number of nitrogens with one attached hydrogen (secondary N) is 2. The Morgan fingerprint density at radius 2 is 2.00 bits per heavy atom. The normalized spacial score (nSPS) is 13.9. The Morgan fingerprint density at radius 3 is 2.67 bits per heavy atom. The summed E-state index contributed by atoms with van der Waals surface area (Å²) >= 11 is 0. The number of carbonyl (C=O) groups excluding carboxylic acids is 2. The largest absolute Gasteiger partial charge is 0.444 e. The van der Waals surface area contributed by atoms with E-state index in [1.165, 1.54) is 12.1 Å². The van der Waals surface area contributed by atoms with Gasteiger partial charge in [-0.2, -0.15) is 5.10 Å². The number of aromatic nitrogens is 2. The number of anilines is 1. The lowest BCUT2D eigenvalue weighted by Crippen LogP contribution is -2.40. The molecule has 144 valence electrons. The van der Waals surface area contributed by atoms with Crippen LogP contribution in [-0.4, -0.2) is 39.2 Å². The predicted molar refractivity (Wildman–Crippen MR) is 97.7 cm³/mol. The molecule has 2 heterocycles. The van der Waals surface area contributed by atoms with Crippen molar-refractivity contribution in [2.75, 3.05) is 11.9 Å². The monoisotopic (exact) mass is 374 g/mol. The van der Waals surface area contributed by atoms with Gasteiger partial charge in [-0.1, -0.05) is 12.1 Å². The standard InChI is InChI=1S/C19H23FN4O3/c1-19(2,3)27-18(26)24-9-8-14-15(11-24)22-23-17(14)21-16(25)10-12-4-6-13(20)7-5-12/h4-7H,8-11H2,1-3H3,(H2,21,22,23,25). The van der Waals surface area contributed by atoms with E-state index in [0.717, 1.165) is 16.8 Å². The Hall–Kier alpha value is -2.90. The van der Waals surface area contributed by atoms with E-state index < -0.39 is 5.60 Å². The third-order valence-corrected chi connectivity index (χ3v) is 4.12. The van der Waals surface area contributed by atoms with Gasteiger partial charge in [0, 0.05) is 12.1 Å². The third-order valence-electron chi connectivity index (χ3n) is 4.12. The molecule has 0 saturated carbocycles. The van der Waals surface area contributed by atoms with E-state index in [2.05, 4.69) is 15.5 Å². The molecule has 0 bridgehead atoms. The second kappa shape index (κ2) is 7.38. The van der Waals surface area contributed by atoms with Crippen molar-refractivity contribution in [1.29, 1.82) is 0 Å². The molecule has 7 nitrogen and oxygen atoms in total. The lowest BCUT2D eigenvalue weighted by atomic mass is 10.1. The van der Waals surface area contributed by atoms with Gasteiger partial charge in [0.05, 0.1) is 18.7 Å². The number of hydrogen-bond donors (Lipinski definition) is 2. The number of H-pyrrole nitrogens is 1. The molecule has 3 rings (SSSR count). The zero-order chi connectivity index (χ0) is 19.6. The zero-order valence-electron chi connectivity index (χ0n) is 15.6. The van der Waals surface area contributed by atoms with Gasteiger partial charge in [-0.3, -0.25) is 9.89 Å². The van der Waals surface area contributed by atoms with Crippen molar-refractivity contribution in [2.24, 2.45) is 0 Å². The highest BCUT2D eigenvalue weighted by molar-refractivity contribution is 5.92. The highest BCUT2D eigenvalue weighted by atomic mass is 19.1. The summed E-state index contributed by atoms with van der Waals surface area (Å²) in [5.41, 5.74) is 1.84. The Kier molecular flexibility index (Phi) is 5.16. The van der Waals surface area contributed by atoms with Crippen LogP contribution in [0.3, 0.4) is 0 Å². The number of amides is 2. The van der Waals surface area contributed by atoms with Crippen LogP contribution in [0.2, 0.25) is 0 Å². The van der Waals surface area contributed by atoms with Gasteiger partial charge in [0.1, 0.15) is 11.4 Å². The van der Waals surface area contributed by atoms with Crippen molar-refractivity contribution in [3.05, 3.63) is 46.9 Å².